The molecule has 0 atom stereocenters. The van der Waals surface area contributed by atoms with E-state index in [1.165, 1.54) is 12.4 Å². The van der Waals surface area contributed by atoms with Gasteiger partial charge in [0.25, 0.3) is 5.56 Å². The summed E-state index contributed by atoms with van der Waals surface area (Å²) in [6.45, 7) is 1.92. The molecule has 0 unspecified atom stereocenters. The van der Waals surface area contributed by atoms with E-state index in [2.05, 4.69) is 19.9 Å². The number of hydrogen-bond donors (Lipinski definition) is 1. The first-order valence-electron chi connectivity index (χ1n) is 8.69. The summed E-state index contributed by atoms with van der Waals surface area (Å²) in [7, 11) is 0. The van der Waals surface area contributed by atoms with Gasteiger partial charge in [-0.1, -0.05) is 30.3 Å². The van der Waals surface area contributed by atoms with Crippen LogP contribution in [0.2, 0.25) is 0 Å². The second kappa shape index (κ2) is 7.36. The zero-order valence-electron chi connectivity index (χ0n) is 15.1. The van der Waals surface area contributed by atoms with Gasteiger partial charge in [0, 0.05) is 35.1 Å². The lowest BCUT2D eigenvalue weighted by Gasteiger charge is -2.11. The fourth-order valence-electron chi connectivity index (χ4n) is 3.07. The number of carbonyl (C=O) groups excluding carboxylic acids is 1. The average molecular weight is 368 g/mol. The normalized spacial score (nSPS) is 11.2. The van der Waals surface area contributed by atoms with Crippen molar-refractivity contribution in [1.82, 2.24) is 19.9 Å². The van der Waals surface area contributed by atoms with Gasteiger partial charge >= 0.3 is 0 Å². The zero-order valence-corrected chi connectivity index (χ0v) is 15.1. The molecule has 0 fully saturated rings. The average Bonchev–Trinajstić information content (AvgIpc) is 2.73. The zero-order chi connectivity index (χ0) is 19.5. The van der Waals surface area contributed by atoms with E-state index in [-0.39, 0.29) is 5.56 Å². The van der Waals surface area contributed by atoms with E-state index >= 15 is 0 Å². The number of fused-ring (bicyclic) bond motifs is 1. The Morgan fingerprint density at radius 3 is 2.57 bits per heavy atom. The van der Waals surface area contributed by atoms with Crippen LogP contribution in [0.25, 0.3) is 28.2 Å². The summed E-state index contributed by atoms with van der Waals surface area (Å²) in [5.41, 5.74) is 3.03. The second-order valence-corrected chi connectivity index (χ2v) is 6.35. The van der Waals surface area contributed by atoms with Crippen molar-refractivity contribution in [3.63, 3.8) is 0 Å². The van der Waals surface area contributed by atoms with Gasteiger partial charge in [0.2, 0.25) is 0 Å². The molecule has 4 aromatic rings. The van der Waals surface area contributed by atoms with Crippen molar-refractivity contribution < 1.29 is 4.79 Å². The maximum Gasteiger partial charge on any atom is 0.261 e. The van der Waals surface area contributed by atoms with Crippen molar-refractivity contribution >= 4 is 22.9 Å². The largest absolute Gasteiger partial charge is 0.306 e. The molecule has 136 valence electrons. The van der Waals surface area contributed by atoms with Crippen molar-refractivity contribution in [2.75, 3.05) is 0 Å². The number of carbonyl (C=O) groups is 1. The molecular weight excluding hydrogens is 352 g/mol. The molecule has 0 saturated carbocycles. The van der Waals surface area contributed by atoms with E-state index in [0.29, 0.717) is 16.8 Å². The third-order valence-corrected chi connectivity index (χ3v) is 4.32. The SMILES string of the molecule is Cc1cnc2[nH]c(=O)c(C(=O)/C=C/c3cncnc3)c(-c3ccccc3)c2c1. The Morgan fingerprint density at radius 1 is 1.07 bits per heavy atom. The Balaban J connectivity index is 1.95. The van der Waals surface area contributed by atoms with E-state index < -0.39 is 11.3 Å². The number of nitrogens with zero attached hydrogens (tertiary/aromatic N) is 3. The molecule has 1 aromatic carbocycles. The summed E-state index contributed by atoms with van der Waals surface area (Å²) >= 11 is 0. The molecule has 6 nitrogen and oxygen atoms in total. The Labute approximate surface area is 160 Å². The number of allylic oxidation sites excluding steroid dienone is 1. The Kier molecular flexibility index (Phi) is 4.60. The molecule has 0 bridgehead atoms. The van der Waals surface area contributed by atoms with Crippen LogP contribution >= 0.6 is 0 Å². The lowest BCUT2D eigenvalue weighted by molar-refractivity contribution is 0.104. The van der Waals surface area contributed by atoms with Gasteiger partial charge in [0.1, 0.15) is 12.0 Å². The predicted octanol–water partition coefficient (Wildman–Crippen LogP) is 3.58. The van der Waals surface area contributed by atoms with Gasteiger partial charge in [-0.05, 0) is 36.3 Å². The van der Waals surface area contributed by atoms with Crippen LogP contribution in [0.5, 0.6) is 0 Å². The van der Waals surface area contributed by atoms with Crippen LogP contribution in [-0.2, 0) is 0 Å². The summed E-state index contributed by atoms with van der Waals surface area (Å²) in [5.74, 6) is -0.396. The van der Waals surface area contributed by atoms with Gasteiger partial charge in [0.05, 0.1) is 5.56 Å². The first kappa shape index (κ1) is 17.5. The molecule has 4 rings (SSSR count). The van der Waals surface area contributed by atoms with Crippen LogP contribution in [-0.4, -0.2) is 25.7 Å². The van der Waals surface area contributed by atoms with Gasteiger partial charge in [-0.25, -0.2) is 15.0 Å². The molecule has 0 amide bonds. The molecule has 0 aliphatic rings. The highest BCUT2D eigenvalue weighted by Crippen LogP contribution is 2.29. The summed E-state index contributed by atoms with van der Waals surface area (Å²) in [5, 5.41) is 0.727. The third-order valence-electron chi connectivity index (χ3n) is 4.32. The second-order valence-electron chi connectivity index (χ2n) is 6.35. The lowest BCUT2D eigenvalue weighted by Crippen LogP contribution is -2.19. The monoisotopic (exact) mass is 368 g/mol. The number of aromatic amines is 1. The van der Waals surface area contributed by atoms with Crippen LogP contribution in [0.1, 0.15) is 21.5 Å². The quantitative estimate of drug-likeness (QED) is 0.439. The van der Waals surface area contributed by atoms with Gasteiger partial charge < -0.3 is 4.98 Å². The standard InChI is InChI=1S/C22H16N4O2/c1-14-9-17-19(16-5-3-2-4-6-16)20(22(28)26-21(17)25-10-14)18(27)8-7-15-11-23-13-24-12-15/h2-13H,1H3,(H,25,26,28)/b8-7+. The van der Waals surface area contributed by atoms with Crippen molar-refractivity contribution in [3.05, 3.63) is 94.4 Å². The number of H-pyrrole nitrogens is 1. The van der Waals surface area contributed by atoms with Gasteiger partial charge in [-0.2, -0.15) is 0 Å². The molecule has 0 radical (unpaired) electrons. The van der Waals surface area contributed by atoms with Crippen LogP contribution in [0.4, 0.5) is 0 Å². The molecule has 3 aromatic heterocycles. The van der Waals surface area contributed by atoms with Gasteiger partial charge in [0.15, 0.2) is 5.78 Å². The lowest BCUT2D eigenvalue weighted by atomic mass is 9.94. The van der Waals surface area contributed by atoms with Crippen LogP contribution in [0.15, 0.2) is 72.2 Å². The molecule has 0 saturated heterocycles. The summed E-state index contributed by atoms with van der Waals surface area (Å²) in [6, 6.07) is 11.3. The molecule has 0 aliphatic heterocycles. The molecular formula is C22H16N4O2. The molecule has 0 aliphatic carbocycles. The van der Waals surface area contributed by atoms with E-state index in [0.717, 1.165) is 16.5 Å². The molecule has 0 spiro atoms. The Bertz CT molecular complexity index is 1250. The van der Waals surface area contributed by atoms with Crippen molar-refractivity contribution in [3.8, 4) is 11.1 Å². The Hall–Kier alpha value is -3.93. The minimum atomic E-state index is -0.471. The number of nitrogens with one attached hydrogen (secondary N) is 1. The highest BCUT2D eigenvalue weighted by molar-refractivity contribution is 6.14. The topological polar surface area (TPSA) is 88.6 Å². The van der Waals surface area contributed by atoms with E-state index in [1.807, 2.05) is 43.3 Å². The van der Waals surface area contributed by atoms with Crippen molar-refractivity contribution in [1.29, 1.82) is 0 Å². The highest BCUT2D eigenvalue weighted by atomic mass is 16.1. The fraction of sp³-hybridized carbons (Fsp3) is 0.0455. The summed E-state index contributed by atoms with van der Waals surface area (Å²) in [6.07, 6.45) is 9.24. The maximum absolute atomic E-state index is 13.0. The van der Waals surface area contributed by atoms with Crippen molar-refractivity contribution in [2.45, 2.75) is 6.92 Å². The number of aryl methyl sites for hydroxylation is 1. The van der Waals surface area contributed by atoms with Crippen molar-refractivity contribution in [2.24, 2.45) is 0 Å². The molecule has 6 heteroatoms. The molecule has 28 heavy (non-hydrogen) atoms. The number of benzene rings is 1. The fourth-order valence-corrected chi connectivity index (χ4v) is 3.07. The van der Waals surface area contributed by atoms with E-state index in [1.54, 1.807) is 24.7 Å². The van der Waals surface area contributed by atoms with Gasteiger partial charge in [-0.3, -0.25) is 9.59 Å². The molecule has 1 N–H and O–H groups in total. The molecule has 3 heterocycles. The minimum absolute atomic E-state index is 0.0826. The first-order valence-corrected chi connectivity index (χ1v) is 8.69. The van der Waals surface area contributed by atoms with Crippen LogP contribution in [0.3, 0.4) is 0 Å². The van der Waals surface area contributed by atoms with Gasteiger partial charge in [-0.15, -0.1) is 0 Å². The number of aromatic nitrogens is 4. The van der Waals surface area contributed by atoms with E-state index in [4.69, 9.17) is 0 Å². The Morgan fingerprint density at radius 2 is 1.82 bits per heavy atom. The predicted molar refractivity (Wildman–Crippen MR) is 108 cm³/mol. The summed E-state index contributed by atoms with van der Waals surface area (Å²) < 4.78 is 0. The smallest absolute Gasteiger partial charge is 0.261 e. The highest BCUT2D eigenvalue weighted by Gasteiger charge is 2.19. The number of ketones is 1. The van der Waals surface area contributed by atoms with E-state index in [9.17, 15) is 9.59 Å². The third kappa shape index (κ3) is 3.35. The van der Waals surface area contributed by atoms with Crippen LogP contribution in [0, 0.1) is 6.92 Å². The minimum Gasteiger partial charge on any atom is -0.306 e. The number of rotatable bonds is 4. The number of hydrogen-bond acceptors (Lipinski definition) is 5. The maximum atomic E-state index is 13.0. The van der Waals surface area contributed by atoms with Crippen LogP contribution < -0.4 is 5.56 Å². The first-order chi connectivity index (χ1) is 13.6. The summed E-state index contributed by atoms with van der Waals surface area (Å²) in [4.78, 5) is 40.7. The number of pyridine rings is 2.